The molecule has 1 rings (SSSR count). The van der Waals surface area contributed by atoms with Gasteiger partial charge < -0.3 is 0 Å². The van der Waals surface area contributed by atoms with E-state index in [1.165, 1.54) is 0 Å². The number of hydrazine groups is 1. The summed E-state index contributed by atoms with van der Waals surface area (Å²) in [7, 11) is 5.88. The summed E-state index contributed by atoms with van der Waals surface area (Å²) in [6, 6.07) is 0. The molecule has 10 heavy (non-hydrogen) atoms. The fourth-order valence-corrected chi connectivity index (χ4v) is 1.26. The molecule has 0 spiro atoms. The minimum Gasteiger partial charge on any atom is -0.300 e. The molecule has 1 aliphatic rings. The molecule has 1 aliphatic heterocycles. The fraction of sp³-hybridized carbons (Fsp3) is 1.00. The Bertz CT molecular complexity index is 121. The highest BCUT2D eigenvalue weighted by molar-refractivity contribution is 4.88. The minimum atomic E-state index is -0.288. The van der Waals surface area contributed by atoms with E-state index in [9.17, 15) is 0 Å². The maximum atomic E-state index is 5.92. The van der Waals surface area contributed by atoms with E-state index in [0.717, 1.165) is 13.0 Å². The van der Waals surface area contributed by atoms with E-state index >= 15 is 0 Å². The number of nitrogens with zero attached hydrogens (tertiary/aromatic N) is 2. The van der Waals surface area contributed by atoms with Crippen LogP contribution in [0.1, 0.15) is 6.42 Å². The van der Waals surface area contributed by atoms with Gasteiger partial charge in [-0.2, -0.15) is 0 Å². The number of nitrogens with one attached hydrogen (secondary N) is 1. The molecular weight excluding hydrogens is 128 g/mol. The van der Waals surface area contributed by atoms with E-state index in [0.29, 0.717) is 0 Å². The lowest BCUT2D eigenvalue weighted by atomic mass is 10.1. The predicted octanol–water partition coefficient (Wildman–Crippen LogP) is -0.999. The third-order valence-corrected chi connectivity index (χ3v) is 2.08. The van der Waals surface area contributed by atoms with Crippen molar-refractivity contribution < 1.29 is 0 Å². The minimum absolute atomic E-state index is 0.288. The van der Waals surface area contributed by atoms with Crippen molar-refractivity contribution in [1.29, 1.82) is 0 Å². The van der Waals surface area contributed by atoms with Crippen LogP contribution in [-0.4, -0.2) is 43.5 Å². The van der Waals surface area contributed by atoms with Gasteiger partial charge in [0.15, 0.2) is 0 Å². The third-order valence-electron chi connectivity index (χ3n) is 2.08. The van der Waals surface area contributed by atoms with Gasteiger partial charge in [0.05, 0.1) is 0 Å². The molecule has 1 atom stereocenters. The molecule has 60 valence electrons. The molecule has 1 fully saturated rings. The predicted molar refractivity (Wildman–Crippen MR) is 41.0 cm³/mol. The second-order valence-corrected chi connectivity index (χ2v) is 2.89. The van der Waals surface area contributed by atoms with Crippen molar-refractivity contribution in [2.45, 2.75) is 12.2 Å². The van der Waals surface area contributed by atoms with Crippen LogP contribution in [0.5, 0.6) is 0 Å². The smallest absolute Gasteiger partial charge is 0.137 e. The molecule has 0 aromatic heterocycles. The summed E-state index contributed by atoms with van der Waals surface area (Å²) in [6.45, 7) is 1.05. The largest absolute Gasteiger partial charge is 0.300 e. The lowest BCUT2D eigenvalue weighted by molar-refractivity contribution is -0.162. The zero-order chi connectivity index (χ0) is 7.78. The Balaban J connectivity index is 2.49. The van der Waals surface area contributed by atoms with Gasteiger partial charge in [-0.25, -0.2) is 10.0 Å². The monoisotopic (exact) mass is 144 g/mol. The van der Waals surface area contributed by atoms with Gasteiger partial charge >= 0.3 is 0 Å². The average Bonchev–Trinajstić information content (AvgIpc) is 1.83. The maximum absolute atomic E-state index is 5.92. The second-order valence-electron chi connectivity index (χ2n) is 2.89. The van der Waals surface area contributed by atoms with Crippen LogP contribution in [0.2, 0.25) is 0 Å². The Morgan fingerprint density at radius 3 is 2.30 bits per heavy atom. The van der Waals surface area contributed by atoms with Gasteiger partial charge in [0.1, 0.15) is 5.79 Å². The highest BCUT2D eigenvalue weighted by Crippen LogP contribution is 2.21. The summed E-state index contributed by atoms with van der Waals surface area (Å²) >= 11 is 0. The molecule has 1 unspecified atom stereocenters. The zero-order valence-electron chi connectivity index (χ0n) is 6.89. The summed E-state index contributed by atoms with van der Waals surface area (Å²) in [6.07, 6.45) is 1.02. The van der Waals surface area contributed by atoms with E-state index in [1.807, 2.05) is 26.2 Å². The van der Waals surface area contributed by atoms with Gasteiger partial charge in [-0.05, 0) is 7.05 Å². The summed E-state index contributed by atoms with van der Waals surface area (Å²) in [5, 5.41) is 7.18. The van der Waals surface area contributed by atoms with E-state index in [-0.39, 0.29) is 5.79 Å². The first kappa shape index (κ1) is 7.94. The van der Waals surface area contributed by atoms with Gasteiger partial charge in [0.2, 0.25) is 0 Å². The third kappa shape index (κ3) is 1.03. The first-order chi connectivity index (χ1) is 4.60. The fourth-order valence-electron chi connectivity index (χ4n) is 1.26. The number of nitrogens with two attached hydrogens (primary N) is 1. The van der Waals surface area contributed by atoms with Gasteiger partial charge in [0.25, 0.3) is 0 Å². The molecule has 0 aromatic carbocycles. The van der Waals surface area contributed by atoms with Crippen LogP contribution in [0.3, 0.4) is 0 Å². The van der Waals surface area contributed by atoms with Gasteiger partial charge in [-0.15, -0.1) is 0 Å². The molecule has 4 heteroatoms. The molecular formula is C6H16N4. The molecule has 0 aromatic rings. The van der Waals surface area contributed by atoms with Crippen molar-refractivity contribution >= 4 is 0 Å². The second kappa shape index (κ2) is 2.47. The van der Waals surface area contributed by atoms with E-state index in [1.54, 1.807) is 0 Å². The number of hydrogen-bond acceptors (Lipinski definition) is 4. The van der Waals surface area contributed by atoms with Crippen LogP contribution in [0, 0.1) is 0 Å². The molecule has 3 N–H and O–H groups in total. The summed E-state index contributed by atoms with van der Waals surface area (Å²) in [5.74, 6) is -0.288. The Hall–Kier alpha value is -0.160. The lowest BCUT2D eigenvalue weighted by Crippen LogP contribution is -2.75. The van der Waals surface area contributed by atoms with Crippen LogP contribution in [-0.2, 0) is 0 Å². The highest BCUT2D eigenvalue weighted by Gasteiger charge is 2.41. The SMILES string of the molecule is CNC1(N)CCN1N(C)C. The normalized spacial score (nSPS) is 34.5. The van der Waals surface area contributed by atoms with Crippen molar-refractivity contribution in [3.63, 3.8) is 0 Å². The van der Waals surface area contributed by atoms with Gasteiger partial charge in [0, 0.05) is 27.1 Å². The number of hydrogen-bond donors (Lipinski definition) is 2. The van der Waals surface area contributed by atoms with E-state index in [2.05, 4.69) is 10.3 Å². The quantitative estimate of drug-likeness (QED) is 0.488. The lowest BCUT2D eigenvalue weighted by Gasteiger charge is -2.52. The van der Waals surface area contributed by atoms with E-state index < -0.39 is 0 Å². The standard InChI is InChI=1S/C6H16N4/c1-8-6(7)4-5-10(6)9(2)3/h8H,4-5,7H2,1-3H3. The van der Waals surface area contributed by atoms with Crippen molar-refractivity contribution in [3.8, 4) is 0 Å². The Morgan fingerprint density at radius 1 is 1.60 bits per heavy atom. The van der Waals surface area contributed by atoms with Gasteiger partial charge in [-0.3, -0.25) is 11.1 Å². The Labute approximate surface area is 61.9 Å². The molecule has 0 aliphatic carbocycles. The van der Waals surface area contributed by atoms with Crippen LogP contribution < -0.4 is 11.1 Å². The molecule has 0 saturated carbocycles. The van der Waals surface area contributed by atoms with Crippen molar-refractivity contribution in [2.75, 3.05) is 27.7 Å². The summed E-state index contributed by atoms with van der Waals surface area (Å²) < 4.78 is 0. The molecule has 0 amide bonds. The molecule has 1 heterocycles. The van der Waals surface area contributed by atoms with E-state index in [4.69, 9.17) is 5.73 Å². The topological polar surface area (TPSA) is 44.5 Å². The Morgan fingerprint density at radius 2 is 2.20 bits per heavy atom. The van der Waals surface area contributed by atoms with Crippen molar-refractivity contribution in [3.05, 3.63) is 0 Å². The van der Waals surface area contributed by atoms with Crippen LogP contribution in [0.25, 0.3) is 0 Å². The molecule has 1 saturated heterocycles. The first-order valence-electron chi connectivity index (χ1n) is 3.53. The Kier molecular flexibility index (Phi) is 1.96. The highest BCUT2D eigenvalue weighted by atomic mass is 15.7. The average molecular weight is 144 g/mol. The maximum Gasteiger partial charge on any atom is 0.137 e. The first-order valence-corrected chi connectivity index (χ1v) is 3.53. The molecule has 0 radical (unpaired) electrons. The number of rotatable bonds is 2. The van der Waals surface area contributed by atoms with Crippen molar-refractivity contribution in [2.24, 2.45) is 5.73 Å². The van der Waals surface area contributed by atoms with Crippen LogP contribution in [0.15, 0.2) is 0 Å². The van der Waals surface area contributed by atoms with Crippen molar-refractivity contribution in [1.82, 2.24) is 15.3 Å². The summed E-state index contributed by atoms with van der Waals surface area (Å²) in [4.78, 5) is 0. The van der Waals surface area contributed by atoms with Gasteiger partial charge in [-0.1, -0.05) is 0 Å². The molecule has 0 bridgehead atoms. The molecule has 4 nitrogen and oxygen atoms in total. The zero-order valence-corrected chi connectivity index (χ0v) is 6.89. The summed E-state index contributed by atoms with van der Waals surface area (Å²) in [5.41, 5.74) is 5.92. The van der Waals surface area contributed by atoms with Crippen LogP contribution >= 0.6 is 0 Å². The van der Waals surface area contributed by atoms with Crippen LogP contribution in [0.4, 0.5) is 0 Å².